The third-order valence-corrected chi connectivity index (χ3v) is 14.7. The molecule has 0 fully saturated rings. The van der Waals surface area contributed by atoms with Gasteiger partial charge in [0.1, 0.15) is 22.7 Å². The molecule has 2 aromatic heterocycles. The Kier molecular flexibility index (Phi) is 6.33. The summed E-state index contributed by atoms with van der Waals surface area (Å²) in [6, 6.07) is 60.8. The normalized spacial score (nSPS) is 12.4. The molecule has 0 N–H and O–H groups in total. The number of hydrogen-bond acceptors (Lipinski definition) is 3. The monoisotopic (exact) mass is 689 g/mol. The molecule has 1 aliphatic rings. The van der Waals surface area contributed by atoms with E-state index in [9.17, 15) is 0 Å². The zero-order chi connectivity index (χ0) is 33.5. The quantitative estimate of drug-likeness (QED) is 0.185. The predicted molar refractivity (Wildman–Crippen MR) is 216 cm³/mol. The lowest BCUT2D eigenvalue weighted by Gasteiger charge is -2.20. The van der Waals surface area contributed by atoms with Crippen molar-refractivity contribution < 1.29 is 9.15 Å². The molecule has 11 rings (SSSR count). The van der Waals surface area contributed by atoms with Crippen LogP contribution in [0.25, 0.3) is 86.8 Å². The molecule has 1 atom stereocenters. The lowest BCUT2D eigenvalue weighted by Crippen LogP contribution is -1.97. The van der Waals surface area contributed by atoms with E-state index >= 15 is 0 Å². The molecule has 10 aromatic rings. The summed E-state index contributed by atoms with van der Waals surface area (Å²) in [7, 11) is 1.92. The highest BCUT2D eigenvalue weighted by atomic mass is 32.5. The summed E-state index contributed by atoms with van der Waals surface area (Å²) in [4.78, 5) is 0. The minimum atomic E-state index is -0.863. The van der Waals surface area contributed by atoms with Crippen molar-refractivity contribution in [2.45, 2.75) is 0 Å². The molecule has 0 amide bonds. The van der Waals surface area contributed by atoms with Gasteiger partial charge in [0.05, 0.1) is 31.8 Å². The van der Waals surface area contributed by atoms with Crippen molar-refractivity contribution in [3.8, 4) is 44.7 Å². The molecule has 3 heterocycles. The van der Waals surface area contributed by atoms with Crippen molar-refractivity contribution in [2.75, 3.05) is 0 Å². The summed E-state index contributed by atoms with van der Waals surface area (Å²) in [6.07, 6.45) is 0. The van der Waals surface area contributed by atoms with Crippen LogP contribution in [0.2, 0.25) is 0 Å². The number of benzene rings is 8. The van der Waals surface area contributed by atoms with E-state index in [1.807, 2.05) is 10.9 Å². The van der Waals surface area contributed by atoms with Crippen molar-refractivity contribution in [1.29, 1.82) is 0 Å². The number of para-hydroxylation sites is 1. The Morgan fingerprint density at radius 3 is 1.84 bits per heavy atom. The van der Waals surface area contributed by atoms with Crippen molar-refractivity contribution in [3.05, 3.63) is 170 Å². The van der Waals surface area contributed by atoms with E-state index in [0.717, 1.165) is 44.5 Å². The second kappa shape index (κ2) is 11.2. The van der Waals surface area contributed by atoms with Crippen molar-refractivity contribution in [2.24, 2.45) is 0 Å². The fourth-order valence-electron chi connectivity index (χ4n) is 7.63. The summed E-state index contributed by atoms with van der Waals surface area (Å²) >= 11 is 0. The molecule has 0 radical (unpaired) electrons. The molecule has 0 saturated carbocycles. The van der Waals surface area contributed by atoms with Crippen LogP contribution in [-0.2, 0) is 0 Å². The molecule has 51 heavy (non-hydrogen) atoms. The Labute approximate surface area is 298 Å². The second-order valence-electron chi connectivity index (χ2n) is 13.0. The third-order valence-electron chi connectivity index (χ3n) is 10.0. The molecule has 1 unspecified atom stereocenters. The SMILES string of the molecule is c1ccc(-c2ccc3c(c2)c2cc(-c4ccccc4)ccc2n3-c2cc3c4c(c2)oc2ccc5ccccc5c2sp4-c2ccccc2O3)cc1. The van der Waals surface area contributed by atoms with Gasteiger partial charge in [-0.15, -0.1) is 10.9 Å². The summed E-state index contributed by atoms with van der Waals surface area (Å²) in [6.45, 7) is -0.863. The first kappa shape index (κ1) is 28.7. The first-order chi connectivity index (χ1) is 25.3. The van der Waals surface area contributed by atoms with E-state index in [0.29, 0.717) is 0 Å². The Morgan fingerprint density at radius 2 is 1.12 bits per heavy atom. The topological polar surface area (TPSA) is 27.3 Å². The van der Waals surface area contributed by atoms with Crippen molar-refractivity contribution in [3.63, 3.8) is 0 Å². The highest BCUT2D eigenvalue weighted by Crippen LogP contribution is 2.62. The number of ether oxygens (including phenoxy) is 1. The zero-order valence-electron chi connectivity index (χ0n) is 27.3. The van der Waals surface area contributed by atoms with Crippen molar-refractivity contribution >= 4 is 71.2 Å². The van der Waals surface area contributed by atoms with Crippen LogP contribution in [0.1, 0.15) is 0 Å². The maximum absolute atomic E-state index is 6.99. The summed E-state index contributed by atoms with van der Waals surface area (Å²) < 4.78 is 17.3. The average molecular weight is 690 g/mol. The fraction of sp³-hybridized carbons (Fsp3) is 0. The van der Waals surface area contributed by atoms with E-state index in [1.165, 1.54) is 53.8 Å². The minimum absolute atomic E-state index is 0.849. The summed E-state index contributed by atoms with van der Waals surface area (Å²) in [5.74, 6) is 1.77. The van der Waals surface area contributed by atoms with Crippen LogP contribution < -0.4 is 4.74 Å². The van der Waals surface area contributed by atoms with Crippen molar-refractivity contribution in [1.82, 2.24) is 4.57 Å². The van der Waals surface area contributed by atoms with E-state index in [4.69, 9.17) is 9.15 Å². The van der Waals surface area contributed by atoms with Crippen LogP contribution in [0.3, 0.4) is 0 Å². The lowest BCUT2D eigenvalue weighted by molar-refractivity contribution is 0.489. The van der Waals surface area contributed by atoms with Gasteiger partial charge in [0.15, 0.2) is 0 Å². The van der Waals surface area contributed by atoms with Gasteiger partial charge in [0, 0.05) is 28.3 Å². The van der Waals surface area contributed by atoms with Gasteiger partial charge < -0.3 is 13.7 Å². The molecule has 1 aliphatic heterocycles. The predicted octanol–water partition coefficient (Wildman–Crippen LogP) is 14.4. The molecule has 0 aliphatic carbocycles. The van der Waals surface area contributed by atoms with Crippen LogP contribution in [0.5, 0.6) is 11.5 Å². The highest BCUT2D eigenvalue weighted by Gasteiger charge is 2.24. The summed E-state index contributed by atoms with van der Waals surface area (Å²) in [5, 5.41) is 7.19. The van der Waals surface area contributed by atoms with Crippen LogP contribution in [-0.4, -0.2) is 4.57 Å². The van der Waals surface area contributed by atoms with Crippen LogP contribution in [0.15, 0.2) is 174 Å². The maximum Gasteiger partial charge on any atom is 0.145 e. The minimum Gasteiger partial charge on any atom is -0.455 e. The largest absolute Gasteiger partial charge is 0.455 e. The number of fused-ring (bicyclic) bond motifs is 8. The van der Waals surface area contributed by atoms with E-state index in [-0.39, 0.29) is 0 Å². The molecule has 3 nitrogen and oxygen atoms in total. The molecule has 5 heteroatoms. The fourth-order valence-corrected chi connectivity index (χ4v) is 12.6. The first-order valence-electron chi connectivity index (χ1n) is 17.1. The molecule has 240 valence electrons. The Bertz CT molecular complexity index is 2960. The van der Waals surface area contributed by atoms with Gasteiger partial charge in [0.2, 0.25) is 0 Å². The summed E-state index contributed by atoms with van der Waals surface area (Å²) in [5.41, 5.74) is 9.80. The van der Waals surface area contributed by atoms with Gasteiger partial charge in [-0.1, -0.05) is 115 Å². The maximum atomic E-state index is 6.99. The molecule has 8 aromatic carbocycles. The number of aromatic nitrogens is 1. The molecule has 0 bridgehead atoms. The van der Waals surface area contributed by atoms with E-state index in [2.05, 4.69) is 174 Å². The Hall–Kier alpha value is -6.06. The second-order valence-corrected chi connectivity index (χ2v) is 16.7. The zero-order valence-corrected chi connectivity index (χ0v) is 29.0. The Balaban J connectivity index is 1.24. The number of nitrogens with zero attached hydrogens (tertiary/aromatic N) is 1. The van der Waals surface area contributed by atoms with Gasteiger partial charge in [-0.3, -0.25) is 0 Å². The van der Waals surface area contributed by atoms with Crippen LogP contribution in [0.4, 0.5) is 0 Å². The number of hydrogen-bond donors (Lipinski definition) is 0. The molecular formula is C46H28NO2PS. The van der Waals surface area contributed by atoms with Gasteiger partial charge in [-0.05, 0) is 76.8 Å². The standard InChI is InChI=1S/C46H28NO2PS/c1-3-11-29(12-4-1)32-19-22-38-36(25-32)37-26-33(30-13-5-2-6-14-30)20-23-39(37)47(38)34-27-42-45-43(28-34)49-41-24-21-31-15-7-8-16-35(31)46(41)51-50(45)44-18-10-9-17-40(44)48-42/h1-28H. The van der Waals surface area contributed by atoms with Gasteiger partial charge in [0.25, 0.3) is 0 Å². The Morgan fingerprint density at radius 1 is 0.471 bits per heavy atom. The first-order valence-corrected chi connectivity index (χ1v) is 19.9. The van der Waals surface area contributed by atoms with Gasteiger partial charge in [-0.2, -0.15) is 0 Å². The molecular weight excluding hydrogens is 662 g/mol. The molecule has 0 saturated heterocycles. The lowest BCUT2D eigenvalue weighted by atomic mass is 10.0. The van der Waals surface area contributed by atoms with E-state index in [1.54, 1.807) is 0 Å². The van der Waals surface area contributed by atoms with Crippen LogP contribution >= 0.6 is 17.7 Å². The van der Waals surface area contributed by atoms with E-state index < -0.39 is 6.71 Å². The molecule has 0 spiro atoms. The third kappa shape index (κ3) is 4.51. The highest BCUT2D eigenvalue weighted by molar-refractivity contribution is 8.00. The van der Waals surface area contributed by atoms with Gasteiger partial charge >= 0.3 is 0 Å². The number of rotatable bonds is 3. The van der Waals surface area contributed by atoms with Gasteiger partial charge in [-0.25, -0.2) is 0 Å². The van der Waals surface area contributed by atoms with Crippen LogP contribution in [0, 0.1) is 0 Å². The smallest absolute Gasteiger partial charge is 0.145 e. The average Bonchev–Trinajstić information content (AvgIpc) is 3.41.